The summed E-state index contributed by atoms with van der Waals surface area (Å²) in [5, 5.41) is 8.65. The van der Waals surface area contributed by atoms with Crippen molar-refractivity contribution in [1.29, 1.82) is 5.26 Å². The number of rotatable bonds is 7. The zero-order valence-electron chi connectivity index (χ0n) is 16.9. The van der Waals surface area contributed by atoms with E-state index in [0.717, 1.165) is 18.4 Å². The second kappa shape index (κ2) is 10.7. The molecule has 0 aliphatic heterocycles. The summed E-state index contributed by atoms with van der Waals surface area (Å²) in [6.45, 7) is 3.18. The van der Waals surface area contributed by atoms with Crippen LogP contribution in [0.3, 0.4) is 0 Å². The molecule has 0 saturated heterocycles. The van der Waals surface area contributed by atoms with Crippen LogP contribution in [0.25, 0.3) is 0 Å². The molecule has 2 aliphatic rings. The molecular weight excluding hydrogens is 330 g/mol. The van der Waals surface area contributed by atoms with Gasteiger partial charge in [-0.05, 0) is 86.7 Å². The molecule has 2 saturated carbocycles. The summed E-state index contributed by atoms with van der Waals surface area (Å²) in [7, 11) is 0. The average molecular weight is 366 g/mol. The summed E-state index contributed by atoms with van der Waals surface area (Å²) in [5.74, 6) is 2.06. The minimum absolute atomic E-state index is 0.469. The van der Waals surface area contributed by atoms with E-state index in [0.29, 0.717) is 12.0 Å². The number of aryl methyl sites for hydroxylation is 1. The number of allylic oxidation sites excluding steroid dienone is 2. The van der Waals surface area contributed by atoms with Crippen molar-refractivity contribution in [2.45, 2.75) is 83.2 Å². The number of hydrogen-bond donors (Lipinski definition) is 0. The molecule has 0 atom stereocenters. The standard InChI is InChI=1S/C25H35NO/c1-2-4-20-10-12-23(13-11-20)24-14-16-25(17-15-24)27-19-22-8-6-21(7-9-22)5-3-18-26/h3,5,10-13,21-22,24-25H,2,4,6-9,14-17,19H2,1H3/t21-,22-,24-,25-. The summed E-state index contributed by atoms with van der Waals surface area (Å²) < 4.78 is 6.30. The summed E-state index contributed by atoms with van der Waals surface area (Å²) >= 11 is 0. The molecule has 1 aromatic carbocycles. The molecule has 2 fully saturated rings. The van der Waals surface area contributed by atoms with E-state index < -0.39 is 0 Å². The first-order valence-electron chi connectivity index (χ1n) is 11.0. The maximum Gasteiger partial charge on any atom is 0.0908 e. The van der Waals surface area contributed by atoms with Gasteiger partial charge in [0.15, 0.2) is 0 Å². The maximum absolute atomic E-state index is 8.65. The number of nitrogens with zero attached hydrogens (tertiary/aromatic N) is 1. The molecular formula is C25H35NO. The van der Waals surface area contributed by atoms with Crippen LogP contribution < -0.4 is 0 Å². The van der Waals surface area contributed by atoms with E-state index in [1.54, 1.807) is 6.08 Å². The second-order valence-electron chi connectivity index (χ2n) is 8.57. The van der Waals surface area contributed by atoms with Crippen LogP contribution in [-0.2, 0) is 11.2 Å². The topological polar surface area (TPSA) is 33.0 Å². The summed E-state index contributed by atoms with van der Waals surface area (Å²) in [6.07, 6.45) is 16.5. The first-order chi connectivity index (χ1) is 13.3. The Morgan fingerprint density at radius 1 is 1.00 bits per heavy atom. The Labute approximate surface area is 165 Å². The van der Waals surface area contributed by atoms with Gasteiger partial charge in [-0.3, -0.25) is 0 Å². The molecule has 2 aliphatic carbocycles. The first-order valence-corrected chi connectivity index (χ1v) is 11.0. The second-order valence-corrected chi connectivity index (χ2v) is 8.57. The lowest BCUT2D eigenvalue weighted by molar-refractivity contribution is -0.00337. The predicted octanol–water partition coefficient (Wildman–Crippen LogP) is 6.57. The highest BCUT2D eigenvalue weighted by Gasteiger charge is 2.25. The van der Waals surface area contributed by atoms with Gasteiger partial charge in [-0.25, -0.2) is 0 Å². The van der Waals surface area contributed by atoms with Gasteiger partial charge >= 0.3 is 0 Å². The van der Waals surface area contributed by atoms with Gasteiger partial charge in [-0.15, -0.1) is 0 Å². The van der Waals surface area contributed by atoms with E-state index in [9.17, 15) is 0 Å². The molecule has 3 rings (SSSR count). The van der Waals surface area contributed by atoms with Gasteiger partial charge in [-0.2, -0.15) is 5.26 Å². The molecule has 1 aromatic rings. The lowest BCUT2D eigenvalue weighted by Crippen LogP contribution is -2.25. The minimum atomic E-state index is 0.469. The van der Waals surface area contributed by atoms with Crippen molar-refractivity contribution in [3.05, 3.63) is 47.5 Å². The van der Waals surface area contributed by atoms with Crippen molar-refractivity contribution in [3.8, 4) is 6.07 Å². The normalized spacial score (nSPS) is 28.9. The molecule has 0 radical (unpaired) electrons. The van der Waals surface area contributed by atoms with Gasteiger partial charge in [0.25, 0.3) is 0 Å². The van der Waals surface area contributed by atoms with Crippen LogP contribution in [0.15, 0.2) is 36.4 Å². The molecule has 0 N–H and O–H groups in total. The number of ether oxygens (including phenoxy) is 1. The number of benzene rings is 1. The Hall–Kier alpha value is -1.59. The zero-order chi connectivity index (χ0) is 18.9. The lowest BCUT2D eigenvalue weighted by atomic mass is 9.81. The van der Waals surface area contributed by atoms with Gasteiger partial charge in [0.1, 0.15) is 0 Å². The summed E-state index contributed by atoms with van der Waals surface area (Å²) in [4.78, 5) is 0. The van der Waals surface area contributed by atoms with Gasteiger partial charge < -0.3 is 4.74 Å². The molecule has 2 heteroatoms. The van der Waals surface area contributed by atoms with Crippen LogP contribution in [0, 0.1) is 23.2 Å². The quantitative estimate of drug-likeness (QED) is 0.512. The van der Waals surface area contributed by atoms with Gasteiger partial charge in [0, 0.05) is 12.7 Å². The van der Waals surface area contributed by atoms with Crippen molar-refractivity contribution < 1.29 is 4.74 Å². The number of hydrogen-bond acceptors (Lipinski definition) is 2. The molecule has 146 valence electrons. The Morgan fingerprint density at radius 2 is 1.70 bits per heavy atom. The van der Waals surface area contributed by atoms with Gasteiger partial charge in [-0.1, -0.05) is 43.7 Å². The third-order valence-corrected chi connectivity index (χ3v) is 6.57. The molecule has 27 heavy (non-hydrogen) atoms. The highest BCUT2D eigenvalue weighted by atomic mass is 16.5. The molecule has 0 unspecified atom stereocenters. The van der Waals surface area contributed by atoms with E-state index in [1.807, 2.05) is 0 Å². The Bertz CT molecular complexity index is 611. The third-order valence-electron chi connectivity index (χ3n) is 6.57. The summed E-state index contributed by atoms with van der Waals surface area (Å²) in [5.41, 5.74) is 2.99. The predicted molar refractivity (Wildman–Crippen MR) is 112 cm³/mol. The van der Waals surface area contributed by atoms with Crippen LogP contribution in [0.5, 0.6) is 0 Å². The van der Waals surface area contributed by atoms with E-state index >= 15 is 0 Å². The largest absolute Gasteiger partial charge is 0.378 e. The van der Waals surface area contributed by atoms with Crippen LogP contribution in [0.1, 0.15) is 81.8 Å². The van der Waals surface area contributed by atoms with Crippen molar-refractivity contribution in [2.24, 2.45) is 11.8 Å². The fourth-order valence-electron chi connectivity index (χ4n) is 4.81. The van der Waals surface area contributed by atoms with Crippen LogP contribution in [-0.4, -0.2) is 12.7 Å². The smallest absolute Gasteiger partial charge is 0.0908 e. The van der Waals surface area contributed by atoms with Crippen molar-refractivity contribution >= 4 is 0 Å². The fraction of sp³-hybridized carbons (Fsp3) is 0.640. The van der Waals surface area contributed by atoms with E-state index in [-0.39, 0.29) is 0 Å². The molecule has 0 heterocycles. The fourth-order valence-corrected chi connectivity index (χ4v) is 4.81. The highest BCUT2D eigenvalue weighted by Crippen LogP contribution is 2.35. The van der Waals surface area contributed by atoms with Crippen molar-refractivity contribution in [1.82, 2.24) is 0 Å². The summed E-state index contributed by atoms with van der Waals surface area (Å²) in [6, 6.07) is 11.5. The average Bonchev–Trinajstić information content (AvgIpc) is 2.73. The Kier molecular flexibility index (Phi) is 7.96. The third kappa shape index (κ3) is 6.22. The van der Waals surface area contributed by atoms with Gasteiger partial charge in [0.2, 0.25) is 0 Å². The van der Waals surface area contributed by atoms with E-state index in [4.69, 9.17) is 10.00 Å². The zero-order valence-corrected chi connectivity index (χ0v) is 16.9. The SMILES string of the molecule is CCCc1ccc([C@H]2CC[C@H](OC[C@H]3CC[C@H](C=CC#N)CC3)CC2)cc1. The maximum atomic E-state index is 8.65. The minimum Gasteiger partial charge on any atom is -0.378 e. The highest BCUT2D eigenvalue weighted by molar-refractivity contribution is 5.26. The van der Waals surface area contributed by atoms with Crippen LogP contribution in [0.2, 0.25) is 0 Å². The monoisotopic (exact) mass is 365 g/mol. The first kappa shape index (κ1) is 20.2. The molecule has 0 amide bonds. The Morgan fingerprint density at radius 3 is 2.33 bits per heavy atom. The molecule has 2 nitrogen and oxygen atoms in total. The van der Waals surface area contributed by atoms with Crippen molar-refractivity contribution in [2.75, 3.05) is 6.61 Å². The van der Waals surface area contributed by atoms with E-state index in [1.165, 1.54) is 75.3 Å². The lowest BCUT2D eigenvalue weighted by Gasteiger charge is -2.32. The van der Waals surface area contributed by atoms with E-state index in [2.05, 4.69) is 43.3 Å². The Balaban J connectivity index is 1.35. The van der Waals surface area contributed by atoms with Crippen molar-refractivity contribution in [3.63, 3.8) is 0 Å². The molecule has 0 bridgehead atoms. The molecule has 0 spiro atoms. The van der Waals surface area contributed by atoms with Crippen LogP contribution in [0.4, 0.5) is 0 Å². The molecule has 0 aromatic heterocycles. The van der Waals surface area contributed by atoms with Crippen LogP contribution >= 0.6 is 0 Å². The number of nitriles is 1. The van der Waals surface area contributed by atoms with Gasteiger partial charge in [0.05, 0.1) is 12.2 Å².